The molecule has 13 heteroatoms. The quantitative estimate of drug-likeness (QED) is 0.375. The molecule has 216 valence electrons. The number of benzene rings is 2. The molecule has 2 heterocycles. The number of carbonyl (C=O) groups excluding carboxylic acids is 3. The number of halogens is 3. The number of urea groups is 1. The summed E-state index contributed by atoms with van der Waals surface area (Å²) in [5.74, 6) is 0.585. The van der Waals surface area contributed by atoms with Crippen LogP contribution in [-0.4, -0.2) is 77.9 Å². The van der Waals surface area contributed by atoms with Crippen LogP contribution in [0.2, 0.25) is 0 Å². The van der Waals surface area contributed by atoms with Crippen LogP contribution in [0.15, 0.2) is 36.4 Å². The van der Waals surface area contributed by atoms with Gasteiger partial charge in [-0.2, -0.15) is 24.9 Å². The van der Waals surface area contributed by atoms with Gasteiger partial charge in [0.05, 0.1) is 17.7 Å². The zero-order valence-corrected chi connectivity index (χ0v) is 23.0. The highest BCUT2D eigenvalue weighted by Crippen LogP contribution is 2.31. The Kier molecular flexibility index (Phi) is 9.46. The van der Waals surface area contributed by atoms with E-state index in [0.29, 0.717) is 25.6 Å². The zero-order chi connectivity index (χ0) is 28.9. The van der Waals surface area contributed by atoms with Gasteiger partial charge < -0.3 is 26.6 Å². The second-order valence-corrected chi connectivity index (χ2v) is 11.2. The summed E-state index contributed by atoms with van der Waals surface area (Å²) in [7, 11) is 0. The maximum absolute atomic E-state index is 13.0. The Bertz CT molecular complexity index is 1250. The van der Waals surface area contributed by atoms with Gasteiger partial charge in [-0.25, -0.2) is 4.79 Å². The third-order valence-corrected chi connectivity index (χ3v) is 7.86. The van der Waals surface area contributed by atoms with Crippen LogP contribution in [0.4, 0.5) is 29.3 Å². The molecule has 2 aliphatic heterocycles. The number of amides is 4. The number of nitrogens with zero attached hydrogens (tertiary/aromatic N) is 2. The van der Waals surface area contributed by atoms with Crippen LogP contribution < -0.4 is 21.7 Å². The average Bonchev–Trinajstić information content (AvgIpc) is 3.35. The Morgan fingerprint density at radius 3 is 2.55 bits per heavy atom. The van der Waals surface area contributed by atoms with Crippen molar-refractivity contribution in [3.63, 3.8) is 0 Å². The lowest BCUT2D eigenvalue weighted by atomic mass is 10.1. The molecule has 2 aliphatic rings. The summed E-state index contributed by atoms with van der Waals surface area (Å²) in [6, 6.07) is 8.24. The van der Waals surface area contributed by atoms with Crippen molar-refractivity contribution in [2.45, 2.75) is 32.1 Å². The predicted octanol–water partition coefficient (Wildman–Crippen LogP) is 3.30. The molecular formula is C27H33F3N6O3S. The number of nitrogen functional groups attached to an aromatic ring is 1. The number of anilines is 2. The summed E-state index contributed by atoms with van der Waals surface area (Å²) in [5.41, 5.74) is 7.02. The van der Waals surface area contributed by atoms with Gasteiger partial charge in [-0.1, -0.05) is 12.1 Å². The van der Waals surface area contributed by atoms with E-state index in [0.717, 1.165) is 60.1 Å². The van der Waals surface area contributed by atoms with Crippen molar-refractivity contribution in [2.24, 2.45) is 0 Å². The molecule has 2 saturated heterocycles. The molecule has 5 N–H and O–H groups in total. The van der Waals surface area contributed by atoms with E-state index in [4.69, 9.17) is 5.73 Å². The van der Waals surface area contributed by atoms with Gasteiger partial charge in [0.2, 0.25) is 5.91 Å². The fraction of sp³-hybridized carbons (Fsp3) is 0.444. The Morgan fingerprint density at radius 1 is 1.07 bits per heavy atom. The second-order valence-electron chi connectivity index (χ2n) is 9.95. The fourth-order valence-electron chi connectivity index (χ4n) is 4.68. The van der Waals surface area contributed by atoms with Crippen molar-refractivity contribution < 1.29 is 27.6 Å². The molecule has 4 amide bonds. The third kappa shape index (κ3) is 7.81. The van der Waals surface area contributed by atoms with Gasteiger partial charge in [0.1, 0.15) is 0 Å². The van der Waals surface area contributed by atoms with Gasteiger partial charge in [0, 0.05) is 61.6 Å². The Balaban J connectivity index is 1.25. The van der Waals surface area contributed by atoms with Crippen LogP contribution in [0.25, 0.3) is 0 Å². The molecule has 2 aromatic rings. The molecule has 0 spiro atoms. The van der Waals surface area contributed by atoms with E-state index in [9.17, 15) is 27.6 Å². The smallest absolute Gasteiger partial charge is 0.398 e. The topological polar surface area (TPSA) is 120 Å². The summed E-state index contributed by atoms with van der Waals surface area (Å²) >= 11 is 1.84. The van der Waals surface area contributed by atoms with Crippen LogP contribution in [0.5, 0.6) is 0 Å². The van der Waals surface area contributed by atoms with Crippen molar-refractivity contribution in [1.29, 1.82) is 0 Å². The molecule has 0 aromatic heterocycles. The summed E-state index contributed by atoms with van der Waals surface area (Å²) in [6.45, 7) is 5.02. The molecular weight excluding hydrogens is 545 g/mol. The van der Waals surface area contributed by atoms with Crippen molar-refractivity contribution in [3.05, 3.63) is 58.7 Å². The minimum atomic E-state index is -4.62. The van der Waals surface area contributed by atoms with E-state index < -0.39 is 23.6 Å². The molecule has 0 radical (unpaired) electrons. The first kappa shape index (κ1) is 29.5. The minimum Gasteiger partial charge on any atom is -0.398 e. The first-order valence-corrected chi connectivity index (χ1v) is 14.1. The van der Waals surface area contributed by atoms with Gasteiger partial charge in [0.25, 0.3) is 5.91 Å². The van der Waals surface area contributed by atoms with E-state index in [-0.39, 0.29) is 29.9 Å². The molecule has 0 bridgehead atoms. The van der Waals surface area contributed by atoms with E-state index in [1.54, 1.807) is 0 Å². The number of nitrogens with one attached hydrogen (secondary N) is 3. The van der Waals surface area contributed by atoms with E-state index in [1.807, 2.05) is 41.8 Å². The minimum absolute atomic E-state index is 0.0904. The lowest BCUT2D eigenvalue weighted by molar-refractivity contribution is -0.137. The first-order chi connectivity index (χ1) is 19.0. The highest BCUT2D eigenvalue weighted by molar-refractivity contribution is 7.99. The number of thioether (sulfide) groups is 1. The summed E-state index contributed by atoms with van der Waals surface area (Å²) in [4.78, 5) is 41.5. The van der Waals surface area contributed by atoms with Gasteiger partial charge in [-0.15, -0.1) is 0 Å². The number of alkyl halides is 3. The number of nitrogens with two attached hydrogens (primary N) is 1. The van der Waals surface area contributed by atoms with Crippen molar-refractivity contribution >= 4 is 41.0 Å². The van der Waals surface area contributed by atoms with Crippen molar-refractivity contribution in [3.8, 4) is 0 Å². The maximum atomic E-state index is 13.0. The van der Waals surface area contributed by atoms with E-state index in [2.05, 4.69) is 20.9 Å². The largest absolute Gasteiger partial charge is 0.416 e. The van der Waals surface area contributed by atoms with Crippen LogP contribution >= 0.6 is 11.8 Å². The first-order valence-electron chi connectivity index (χ1n) is 13.0. The summed E-state index contributed by atoms with van der Waals surface area (Å²) < 4.78 is 38.9. The third-order valence-electron chi connectivity index (χ3n) is 6.92. The molecule has 2 aromatic carbocycles. The molecule has 0 aliphatic carbocycles. The predicted molar refractivity (Wildman–Crippen MR) is 149 cm³/mol. The Labute approximate surface area is 235 Å². The monoisotopic (exact) mass is 578 g/mol. The number of hydrogen-bond donors (Lipinski definition) is 4. The van der Waals surface area contributed by atoms with Crippen molar-refractivity contribution in [2.75, 3.05) is 55.3 Å². The molecule has 40 heavy (non-hydrogen) atoms. The van der Waals surface area contributed by atoms with Crippen LogP contribution in [0.3, 0.4) is 0 Å². The zero-order valence-electron chi connectivity index (χ0n) is 22.1. The van der Waals surface area contributed by atoms with Gasteiger partial charge >= 0.3 is 12.2 Å². The fourth-order valence-corrected chi connectivity index (χ4v) is 5.58. The van der Waals surface area contributed by atoms with Crippen LogP contribution in [-0.2, 0) is 17.5 Å². The molecule has 1 atom stereocenters. The second kappa shape index (κ2) is 12.8. The summed E-state index contributed by atoms with van der Waals surface area (Å²) in [5, 5.41) is 8.24. The van der Waals surface area contributed by atoms with E-state index >= 15 is 0 Å². The normalized spacial score (nSPS) is 17.9. The highest BCUT2D eigenvalue weighted by atomic mass is 32.2. The number of aryl methyl sites for hydroxylation is 1. The maximum Gasteiger partial charge on any atom is 0.416 e. The Morgan fingerprint density at radius 2 is 1.82 bits per heavy atom. The van der Waals surface area contributed by atoms with E-state index in [1.165, 1.54) is 0 Å². The van der Waals surface area contributed by atoms with Gasteiger partial charge in [-0.3, -0.25) is 14.5 Å². The molecule has 4 rings (SSSR count). The SMILES string of the molecule is Cc1ccc(CN2CC[C@@H](NC(=O)CNC(=O)c3cc(C(F)(F)F)ccc3N)C2)cc1NC(=O)N1CCSCC1. The van der Waals surface area contributed by atoms with Gasteiger partial charge in [-0.05, 0) is 48.7 Å². The number of carbonyl (C=O) groups is 3. The van der Waals surface area contributed by atoms with Gasteiger partial charge in [0.15, 0.2) is 0 Å². The standard InChI is InChI=1S/C27H33F3N6O3S/c1-17-2-3-18(12-23(17)34-26(39)36-8-10-40-11-9-36)15-35-7-6-20(16-35)33-24(37)14-32-25(38)21-13-19(27(28,29)30)4-5-22(21)31/h2-5,12-13,20H,6-11,14-16,31H2,1H3,(H,32,38)(H,33,37)(H,34,39)/t20-/m1/s1. The number of likely N-dealkylation sites (tertiary alicyclic amines) is 1. The summed E-state index contributed by atoms with van der Waals surface area (Å²) in [6.07, 6.45) is -3.91. The highest BCUT2D eigenvalue weighted by Gasteiger charge is 2.32. The number of hydrogen-bond acceptors (Lipinski definition) is 6. The average molecular weight is 579 g/mol. The van der Waals surface area contributed by atoms with Crippen LogP contribution in [0.1, 0.15) is 33.5 Å². The molecule has 0 saturated carbocycles. The lowest BCUT2D eigenvalue weighted by Gasteiger charge is -2.27. The van der Waals surface area contributed by atoms with Crippen LogP contribution in [0, 0.1) is 6.92 Å². The lowest BCUT2D eigenvalue weighted by Crippen LogP contribution is -2.43. The number of rotatable bonds is 7. The Hall–Kier alpha value is -3.45. The molecule has 0 unspecified atom stereocenters. The molecule has 2 fully saturated rings. The van der Waals surface area contributed by atoms with Crippen molar-refractivity contribution in [1.82, 2.24) is 20.4 Å². The molecule has 9 nitrogen and oxygen atoms in total.